The van der Waals surface area contributed by atoms with Gasteiger partial charge in [-0.3, -0.25) is 18.9 Å². The topological polar surface area (TPSA) is 171 Å². The number of quaternary nitrogens is 1. The fourth-order valence-electron chi connectivity index (χ4n) is 1.35. The summed E-state index contributed by atoms with van der Waals surface area (Å²) >= 11 is 10.4. The first-order chi connectivity index (χ1) is 10.9. The lowest BCUT2D eigenvalue weighted by molar-refractivity contribution is -0.896. The molecule has 0 radical (unpaired) electrons. The Labute approximate surface area is 160 Å². The molecule has 0 aliphatic rings. The Kier molecular flexibility index (Phi) is 17.8. The molecule has 0 aliphatic heterocycles. The number of carboxylic acid groups (broad SMARTS) is 3. The van der Waals surface area contributed by atoms with Gasteiger partial charge in [0.05, 0.1) is 44.2 Å². The van der Waals surface area contributed by atoms with E-state index in [9.17, 15) is 22.8 Å². The van der Waals surface area contributed by atoms with Crippen LogP contribution in [0, 0.1) is 0 Å². The zero-order valence-electron chi connectivity index (χ0n) is 12.9. The SMILES string of the molecule is O=C(O)C(CCl)S(=O)(=O)O.O=C(O)CC[NH+](CCCl)CCC(=O)O.[Cl-]. The van der Waals surface area contributed by atoms with Gasteiger partial charge in [0.2, 0.25) is 0 Å². The standard InChI is InChI=1S/C8H14ClNO4.C3H5ClO5S.ClH/c9-3-6-10(4-1-7(11)12)5-2-8(13)14;4-1-2(3(5)6)10(7,8)9;/h1-6H2,(H,11,12)(H,13,14);2H,1H2,(H,5,6)(H,7,8,9);1H. The summed E-state index contributed by atoms with van der Waals surface area (Å²) in [7, 11) is -4.55. The lowest BCUT2D eigenvalue weighted by Crippen LogP contribution is -3.12. The number of carbonyl (C=O) groups is 3. The van der Waals surface area contributed by atoms with Crippen LogP contribution in [0.1, 0.15) is 12.8 Å². The van der Waals surface area contributed by atoms with Crippen molar-refractivity contribution in [3.05, 3.63) is 0 Å². The molecule has 0 aromatic rings. The number of nitrogens with one attached hydrogen (secondary N) is 1. The Morgan fingerprint density at radius 3 is 1.48 bits per heavy atom. The molecule has 0 rings (SSSR count). The molecule has 25 heavy (non-hydrogen) atoms. The van der Waals surface area contributed by atoms with Crippen molar-refractivity contribution in [3.63, 3.8) is 0 Å². The fraction of sp³-hybridized carbons (Fsp3) is 0.727. The molecule has 0 fully saturated rings. The van der Waals surface area contributed by atoms with Crippen molar-refractivity contribution < 1.29 is 60.0 Å². The van der Waals surface area contributed by atoms with Gasteiger partial charge in [-0.2, -0.15) is 8.42 Å². The smallest absolute Gasteiger partial charge is 0.325 e. The monoisotopic (exact) mass is 447 g/mol. The van der Waals surface area contributed by atoms with Crippen LogP contribution in [0.2, 0.25) is 0 Å². The van der Waals surface area contributed by atoms with Crippen LogP contribution in [0.3, 0.4) is 0 Å². The molecule has 1 atom stereocenters. The van der Waals surface area contributed by atoms with Gasteiger partial charge in [-0.15, -0.1) is 23.2 Å². The van der Waals surface area contributed by atoms with Crippen molar-refractivity contribution in [1.82, 2.24) is 0 Å². The molecule has 0 spiro atoms. The van der Waals surface area contributed by atoms with Gasteiger partial charge < -0.3 is 32.6 Å². The molecular weight excluding hydrogens is 429 g/mol. The highest BCUT2D eigenvalue weighted by Crippen LogP contribution is 2.00. The van der Waals surface area contributed by atoms with E-state index in [1.165, 1.54) is 0 Å². The van der Waals surface area contributed by atoms with Crippen molar-refractivity contribution >= 4 is 51.2 Å². The van der Waals surface area contributed by atoms with E-state index in [1.54, 1.807) is 0 Å². The molecule has 14 heteroatoms. The summed E-state index contributed by atoms with van der Waals surface area (Å²) < 4.78 is 28.3. The number of rotatable bonds is 11. The van der Waals surface area contributed by atoms with Gasteiger partial charge >= 0.3 is 17.9 Å². The predicted molar refractivity (Wildman–Crippen MR) is 84.5 cm³/mol. The summed E-state index contributed by atoms with van der Waals surface area (Å²) in [5, 5.41) is 23.1. The van der Waals surface area contributed by atoms with Crippen LogP contribution in [0.25, 0.3) is 0 Å². The largest absolute Gasteiger partial charge is 1.00 e. The summed E-state index contributed by atoms with van der Waals surface area (Å²) in [5.74, 6) is -3.64. The number of hydrogen-bond donors (Lipinski definition) is 5. The molecule has 0 saturated carbocycles. The molecule has 5 N–H and O–H groups in total. The minimum absolute atomic E-state index is 0. The van der Waals surface area contributed by atoms with Gasteiger partial charge in [0.25, 0.3) is 10.1 Å². The van der Waals surface area contributed by atoms with E-state index < -0.39 is 39.2 Å². The second-order valence-electron chi connectivity index (χ2n) is 4.47. The highest BCUT2D eigenvalue weighted by atomic mass is 35.5. The first kappa shape index (κ1) is 28.9. The highest BCUT2D eigenvalue weighted by Gasteiger charge is 2.29. The van der Waals surface area contributed by atoms with Crippen molar-refractivity contribution in [3.8, 4) is 0 Å². The molecule has 0 aliphatic carbocycles. The van der Waals surface area contributed by atoms with E-state index in [4.69, 9.17) is 43.1 Å². The number of aliphatic carboxylic acids is 3. The molecule has 0 aromatic carbocycles. The molecule has 1 unspecified atom stereocenters. The van der Waals surface area contributed by atoms with Crippen LogP contribution in [0.4, 0.5) is 0 Å². The maximum absolute atomic E-state index is 10.3. The molecule has 0 saturated heterocycles. The number of carboxylic acids is 3. The Balaban J connectivity index is -0.000000392. The summed E-state index contributed by atoms with van der Waals surface area (Å²) in [6.45, 7) is 1.45. The van der Waals surface area contributed by atoms with Crippen molar-refractivity contribution in [1.29, 1.82) is 0 Å². The molecule has 10 nitrogen and oxygen atoms in total. The first-order valence-electron chi connectivity index (χ1n) is 6.53. The fourth-order valence-corrected chi connectivity index (χ4v) is 2.64. The Bertz CT molecular complexity index is 497. The van der Waals surface area contributed by atoms with Gasteiger partial charge in [-0.25, -0.2) is 0 Å². The van der Waals surface area contributed by atoms with Crippen LogP contribution < -0.4 is 17.3 Å². The number of halogens is 3. The molecule has 0 heterocycles. The van der Waals surface area contributed by atoms with E-state index >= 15 is 0 Å². The predicted octanol–water partition coefficient (Wildman–Crippen LogP) is -4.37. The van der Waals surface area contributed by atoms with Crippen LogP contribution in [0.15, 0.2) is 0 Å². The third-order valence-electron chi connectivity index (χ3n) is 2.61. The number of hydrogen-bond acceptors (Lipinski definition) is 5. The zero-order chi connectivity index (χ0) is 19.3. The van der Waals surface area contributed by atoms with Crippen molar-refractivity contribution in [2.75, 3.05) is 31.4 Å². The van der Waals surface area contributed by atoms with E-state index in [0.717, 1.165) is 4.90 Å². The molecule has 0 aromatic heterocycles. The highest BCUT2D eigenvalue weighted by molar-refractivity contribution is 7.87. The molecule has 0 bridgehead atoms. The third-order valence-corrected chi connectivity index (χ3v) is 4.38. The zero-order valence-corrected chi connectivity index (χ0v) is 16.0. The minimum atomic E-state index is -4.55. The van der Waals surface area contributed by atoms with Crippen molar-refractivity contribution in [2.45, 2.75) is 18.1 Å². The Hall–Kier alpha value is -0.850. The Morgan fingerprint density at radius 2 is 1.32 bits per heavy atom. The number of alkyl halides is 2. The van der Waals surface area contributed by atoms with Crippen LogP contribution in [0.5, 0.6) is 0 Å². The second-order valence-corrected chi connectivity index (χ2v) is 6.76. The molecule has 150 valence electrons. The summed E-state index contributed by atoms with van der Waals surface area (Å²) in [6.07, 6.45) is 0.0949. The maximum atomic E-state index is 10.3. The van der Waals surface area contributed by atoms with E-state index in [2.05, 4.69) is 0 Å². The van der Waals surface area contributed by atoms with Crippen LogP contribution in [-0.4, -0.2) is 82.8 Å². The van der Waals surface area contributed by atoms with Gasteiger partial charge in [0.1, 0.15) is 0 Å². The van der Waals surface area contributed by atoms with Crippen LogP contribution in [-0.2, 0) is 24.5 Å². The van der Waals surface area contributed by atoms with Crippen molar-refractivity contribution in [2.24, 2.45) is 0 Å². The summed E-state index contributed by atoms with van der Waals surface area (Å²) in [6, 6.07) is 0. The lowest BCUT2D eigenvalue weighted by atomic mass is 10.3. The second kappa shape index (κ2) is 15.4. The average Bonchev–Trinajstić information content (AvgIpc) is 2.41. The van der Waals surface area contributed by atoms with Gasteiger partial charge in [-0.1, -0.05) is 0 Å². The van der Waals surface area contributed by atoms with E-state index in [0.29, 0.717) is 25.5 Å². The Morgan fingerprint density at radius 1 is 0.920 bits per heavy atom. The maximum Gasteiger partial charge on any atom is 0.325 e. The minimum Gasteiger partial charge on any atom is -1.00 e. The molecular formula is C11H20Cl3NO9S. The van der Waals surface area contributed by atoms with Crippen LogP contribution >= 0.6 is 23.2 Å². The normalized spacial score (nSPS) is 11.7. The van der Waals surface area contributed by atoms with E-state index in [1.807, 2.05) is 0 Å². The third kappa shape index (κ3) is 17.8. The van der Waals surface area contributed by atoms with Gasteiger partial charge in [0.15, 0.2) is 5.25 Å². The average molecular weight is 449 g/mol. The summed E-state index contributed by atoms with van der Waals surface area (Å²) in [4.78, 5) is 31.4. The van der Waals surface area contributed by atoms with Gasteiger partial charge in [-0.05, 0) is 0 Å². The summed E-state index contributed by atoms with van der Waals surface area (Å²) in [5.41, 5.74) is 0. The van der Waals surface area contributed by atoms with E-state index in [-0.39, 0.29) is 25.2 Å². The molecule has 0 amide bonds. The lowest BCUT2D eigenvalue weighted by Gasteiger charge is -2.16. The van der Waals surface area contributed by atoms with Gasteiger partial charge in [0, 0.05) is 0 Å². The quantitative estimate of drug-likeness (QED) is 0.155. The first-order valence-corrected chi connectivity index (χ1v) is 9.11.